The lowest BCUT2D eigenvalue weighted by molar-refractivity contribution is 0.0238. The number of nitrogens with one attached hydrogen (secondary N) is 1. The number of fused-ring (bicyclic) bond motifs is 2. The predicted octanol–water partition coefficient (Wildman–Crippen LogP) is 4.75. The van der Waals surface area contributed by atoms with Gasteiger partial charge in [-0.15, -0.1) is 0 Å². The Labute approximate surface area is 226 Å². The van der Waals surface area contributed by atoms with Gasteiger partial charge >= 0.3 is 6.09 Å². The fourth-order valence-electron chi connectivity index (χ4n) is 4.78. The molecule has 0 atom stereocenters. The SMILES string of the molecule is COc1cccc(C)c1S(=O)(=O)Nc1noc2cc(Cn3ncc4c3CN(C(=O)OC(C)(C)C)C4)cc(C)c12. The van der Waals surface area contributed by atoms with Crippen LogP contribution >= 0.6 is 0 Å². The van der Waals surface area contributed by atoms with Gasteiger partial charge in [-0.1, -0.05) is 23.4 Å². The van der Waals surface area contributed by atoms with E-state index in [0.717, 1.165) is 22.4 Å². The first-order chi connectivity index (χ1) is 18.4. The molecule has 0 aliphatic carbocycles. The lowest BCUT2D eigenvalue weighted by Crippen LogP contribution is -2.33. The van der Waals surface area contributed by atoms with Crippen LogP contribution < -0.4 is 9.46 Å². The smallest absolute Gasteiger partial charge is 0.410 e. The number of aryl methyl sites for hydroxylation is 2. The molecule has 2 aromatic carbocycles. The van der Waals surface area contributed by atoms with Crippen LogP contribution in [-0.4, -0.2) is 47.1 Å². The molecule has 0 bridgehead atoms. The van der Waals surface area contributed by atoms with Crippen molar-refractivity contribution in [2.45, 2.75) is 64.7 Å². The van der Waals surface area contributed by atoms with Gasteiger partial charge in [0, 0.05) is 5.56 Å². The number of rotatable bonds is 6. The Morgan fingerprint density at radius 2 is 1.92 bits per heavy atom. The first kappa shape index (κ1) is 26.5. The minimum Gasteiger partial charge on any atom is -0.495 e. The van der Waals surface area contributed by atoms with Gasteiger partial charge in [0.05, 0.1) is 44.0 Å². The van der Waals surface area contributed by atoms with Gasteiger partial charge in [0.15, 0.2) is 11.4 Å². The average molecular weight is 554 g/mol. The summed E-state index contributed by atoms with van der Waals surface area (Å²) in [5, 5.41) is 9.10. The van der Waals surface area contributed by atoms with Crippen LogP contribution in [0.1, 0.15) is 48.7 Å². The fourth-order valence-corrected chi connectivity index (χ4v) is 6.19. The van der Waals surface area contributed by atoms with Crippen molar-refractivity contribution in [2.24, 2.45) is 0 Å². The van der Waals surface area contributed by atoms with Gasteiger partial charge < -0.3 is 14.0 Å². The normalized spacial score (nSPS) is 13.5. The second-order valence-electron chi connectivity index (χ2n) is 10.6. The molecule has 4 aromatic rings. The largest absolute Gasteiger partial charge is 0.495 e. The lowest BCUT2D eigenvalue weighted by atomic mass is 10.1. The van der Waals surface area contributed by atoms with Crippen molar-refractivity contribution in [1.82, 2.24) is 19.8 Å². The maximum absolute atomic E-state index is 13.3. The molecule has 39 heavy (non-hydrogen) atoms. The number of ether oxygens (including phenoxy) is 2. The monoisotopic (exact) mass is 553 g/mol. The number of anilines is 1. The van der Waals surface area contributed by atoms with Crippen molar-refractivity contribution in [3.63, 3.8) is 0 Å². The van der Waals surface area contributed by atoms with Gasteiger partial charge in [0.25, 0.3) is 10.0 Å². The maximum Gasteiger partial charge on any atom is 0.410 e. The first-order valence-electron chi connectivity index (χ1n) is 12.4. The average Bonchev–Trinajstić information content (AvgIpc) is 3.53. The van der Waals surface area contributed by atoms with E-state index in [-0.39, 0.29) is 22.6 Å². The molecule has 0 unspecified atom stereocenters. The van der Waals surface area contributed by atoms with Gasteiger partial charge in [0.1, 0.15) is 16.2 Å². The fraction of sp³-hybridized carbons (Fsp3) is 0.370. The Kier molecular flexibility index (Phi) is 6.53. The van der Waals surface area contributed by atoms with Crippen molar-refractivity contribution in [1.29, 1.82) is 0 Å². The molecule has 0 saturated carbocycles. The Hall–Kier alpha value is -4.06. The van der Waals surface area contributed by atoms with E-state index in [1.165, 1.54) is 7.11 Å². The topological polar surface area (TPSA) is 129 Å². The molecule has 206 valence electrons. The molecule has 0 spiro atoms. The van der Waals surface area contributed by atoms with Gasteiger partial charge in [-0.25, -0.2) is 13.2 Å². The molecule has 0 saturated heterocycles. The summed E-state index contributed by atoms with van der Waals surface area (Å²) in [6.07, 6.45) is 1.41. The van der Waals surface area contributed by atoms with Gasteiger partial charge in [-0.05, 0) is 63.4 Å². The standard InChI is InChI=1S/C27H31N5O6S/c1-16-8-7-9-21(36-6)24(16)39(34,35)30-25-23-17(2)10-18(11-22(23)38-29-25)13-32-20-15-31(14-19(20)12-28-32)26(33)37-27(3,4)5/h7-12H,13-15H2,1-6H3,(H,29,30). The minimum atomic E-state index is -4.00. The molecule has 2 aromatic heterocycles. The number of benzene rings is 2. The third-order valence-corrected chi connectivity index (χ3v) is 7.97. The molecular formula is C27H31N5O6S. The summed E-state index contributed by atoms with van der Waals surface area (Å²) in [6, 6.07) is 8.79. The Morgan fingerprint density at radius 1 is 1.15 bits per heavy atom. The van der Waals surface area contributed by atoms with Crippen LogP contribution in [0, 0.1) is 13.8 Å². The van der Waals surface area contributed by atoms with E-state index in [0.29, 0.717) is 36.2 Å². The van der Waals surface area contributed by atoms with Gasteiger partial charge in [-0.3, -0.25) is 14.3 Å². The molecule has 11 nitrogen and oxygen atoms in total. The molecule has 1 aliphatic rings. The van der Waals surface area contributed by atoms with Crippen LogP contribution in [0.5, 0.6) is 5.75 Å². The second-order valence-corrected chi connectivity index (χ2v) is 12.3. The van der Waals surface area contributed by atoms with Crippen LogP contribution in [0.25, 0.3) is 11.0 Å². The summed E-state index contributed by atoms with van der Waals surface area (Å²) in [6.45, 7) is 10.4. The Balaban J connectivity index is 1.38. The number of methoxy groups -OCH3 is 1. The molecule has 0 fully saturated rings. The van der Waals surface area contributed by atoms with Crippen molar-refractivity contribution < 1.29 is 27.2 Å². The molecule has 3 heterocycles. The second kappa shape index (κ2) is 9.60. The minimum absolute atomic E-state index is 0.0471. The number of carbonyl (C=O) groups is 1. The number of hydrogen-bond acceptors (Lipinski definition) is 8. The zero-order chi connectivity index (χ0) is 28.1. The summed E-state index contributed by atoms with van der Waals surface area (Å²) < 4.78 is 47.3. The number of sulfonamides is 1. The number of hydrogen-bond donors (Lipinski definition) is 1. The van der Waals surface area contributed by atoms with Gasteiger partial charge in [0.2, 0.25) is 0 Å². The summed E-state index contributed by atoms with van der Waals surface area (Å²) >= 11 is 0. The van der Waals surface area contributed by atoms with E-state index in [1.807, 2.05) is 44.5 Å². The molecule has 1 aliphatic heterocycles. The van der Waals surface area contributed by atoms with E-state index in [2.05, 4.69) is 15.0 Å². The number of amides is 1. The van der Waals surface area contributed by atoms with Crippen LogP contribution in [-0.2, 0) is 34.4 Å². The highest BCUT2D eigenvalue weighted by Gasteiger charge is 2.31. The van der Waals surface area contributed by atoms with Crippen molar-refractivity contribution in [3.8, 4) is 5.75 Å². The molecule has 1 amide bonds. The van der Waals surface area contributed by atoms with Crippen molar-refractivity contribution >= 4 is 32.9 Å². The summed E-state index contributed by atoms with van der Waals surface area (Å²) in [7, 11) is -2.58. The van der Waals surface area contributed by atoms with E-state index in [4.69, 9.17) is 14.0 Å². The summed E-state index contributed by atoms with van der Waals surface area (Å²) in [5.41, 5.74) is 4.02. The lowest BCUT2D eigenvalue weighted by Gasteiger charge is -2.24. The maximum atomic E-state index is 13.3. The summed E-state index contributed by atoms with van der Waals surface area (Å²) in [5.74, 6) is 0.346. The molecular weight excluding hydrogens is 522 g/mol. The highest BCUT2D eigenvalue weighted by molar-refractivity contribution is 7.92. The van der Waals surface area contributed by atoms with E-state index in [9.17, 15) is 13.2 Å². The number of carbonyl (C=O) groups excluding carboxylic acids is 1. The van der Waals surface area contributed by atoms with Crippen LogP contribution in [0.4, 0.5) is 10.6 Å². The number of nitrogens with zero attached hydrogens (tertiary/aromatic N) is 4. The predicted molar refractivity (Wildman–Crippen MR) is 144 cm³/mol. The van der Waals surface area contributed by atoms with Crippen LogP contribution in [0.2, 0.25) is 0 Å². The van der Waals surface area contributed by atoms with Crippen molar-refractivity contribution in [2.75, 3.05) is 11.8 Å². The highest BCUT2D eigenvalue weighted by atomic mass is 32.2. The Morgan fingerprint density at radius 3 is 2.64 bits per heavy atom. The van der Waals surface area contributed by atoms with E-state index >= 15 is 0 Å². The molecule has 12 heteroatoms. The van der Waals surface area contributed by atoms with Crippen LogP contribution in [0.15, 0.2) is 45.9 Å². The Bertz CT molecular complexity index is 1680. The zero-order valence-corrected chi connectivity index (χ0v) is 23.5. The third-order valence-electron chi connectivity index (χ3n) is 6.45. The van der Waals surface area contributed by atoms with Crippen LogP contribution in [0.3, 0.4) is 0 Å². The number of aromatic nitrogens is 3. The highest BCUT2D eigenvalue weighted by Crippen LogP contribution is 2.33. The van der Waals surface area contributed by atoms with E-state index < -0.39 is 15.6 Å². The quantitative estimate of drug-likeness (QED) is 0.362. The first-order valence-corrected chi connectivity index (χ1v) is 13.9. The van der Waals surface area contributed by atoms with Gasteiger partial charge in [-0.2, -0.15) is 5.10 Å². The molecule has 0 radical (unpaired) electrons. The van der Waals surface area contributed by atoms with E-state index in [1.54, 1.807) is 36.2 Å². The molecule has 1 N–H and O–H groups in total. The molecule has 5 rings (SSSR count). The summed E-state index contributed by atoms with van der Waals surface area (Å²) in [4.78, 5) is 14.2. The zero-order valence-electron chi connectivity index (χ0n) is 22.7. The van der Waals surface area contributed by atoms with Crippen molar-refractivity contribution in [3.05, 3.63) is 64.5 Å². The third kappa shape index (κ3) is 5.16.